The molecule has 0 atom stereocenters. The fourth-order valence-electron chi connectivity index (χ4n) is 1.30. The maximum Gasteiger partial charge on any atom is 0.224 e. The van der Waals surface area contributed by atoms with Crippen LogP contribution in [0.5, 0.6) is 0 Å². The molecule has 5 nitrogen and oxygen atoms in total. The topological polar surface area (TPSA) is 66.1 Å². The minimum atomic E-state index is -3.13. The molecule has 0 aliphatic carbocycles. The number of hydrogen-bond donors (Lipinski definition) is 1. The SMILES string of the molecule is O=S(=O)(CBr)N1Cc2cn[nH]c2C1. The number of nitrogens with zero attached hydrogens (tertiary/aromatic N) is 2. The Morgan fingerprint density at radius 3 is 3.00 bits per heavy atom. The average molecular weight is 266 g/mol. The third-order valence-corrected chi connectivity index (χ3v) is 5.08. The van der Waals surface area contributed by atoms with Crippen LogP contribution in [0.15, 0.2) is 6.20 Å². The number of aromatic nitrogens is 2. The molecule has 0 saturated carbocycles. The lowest BCUT2D eigenvalue weighted by atomic mass is 10.3. The molecule has 7 heteroatoms. The van der Waals surface area contributed by atoms with Crippen LogP contribution in [-0.4, -0.2) is 27.6 Å². The Hall–Kier alpha value is -0.400. The number of fused-ring (bicyclic) bond motifs is 1. The third-order valence-electron chi connectivity index (χ3n) is 2.02. The van der Waals surface area contributed by atoms with E-state index in [1.54, 1.807) is 6.20 Å². The molecular weight excluding hydrogens is 258 g/mol. The van der Waals surface area contributed by atoms with Gasteiger partial charge < -0.3 is 0 Å². The van der Waals surface area contributed by atoms with Gasteiger partial charge in [-0.15, -0.1) is 0 Å². The zero-order valence-corrected chi connectivity index (χ0v) is 9.10. The van der Waals surface area contributed by atoms with Crippen molar-refractivity contribution in [2.45, 2.75) is 13.1 Å². The molecule has 0 fully saturated rings. The summed E-state index contributed by atoms with van der Waals surface area (Å²) in [5, 5.41) is 6.60. The van der Waals surface area contributed by atoms with E-state index in [1.807, 2.05) is 0 Å². The van der Waals surface area contributed by atoms with Crippen molar-refractivity contribution < 1.29 is 8.42 Å². The molecule has 13 heavy (non-hydrogen) atoms. The van der Waals surface area contributed by atoms with Crippen LogP contribution in [0.1, 0.15) is 11.3 Å². The summed E-state index contributed by atoms with van der Waals surface area (Å²) in [5.74, 6) is 0. The summed E-state index contributed by atoms with van der Waals surface area (Å²) in [5.41, 5.74) is 1.86. The Balaban J connectivity index is 2.24. The van der Waals surface area contributed by atoms with Crippen LogP contribution in [0, 0.1) is 0 Å². The molecule has 2 heterocycles. The summed E-state index contributed by atoms with van der Waals surface area (Å²) in [7, 11) is -3.13. The minimum absolute atomic E-state index is 0.0301. The van der Waals surface area contributed by atoms with Crippen molar-refractivity contribution in [2.75, 3.05) is 4.66 Å². The number of hydrogen-bond acceptors (Lipinski definition) is 3. The number of sulfonamides is 1. The monoisotopic (exact) mass is 265 g/mol. The molecule has 1 aliphatic rings. The van der Waals surface area contributed by atoms with Gasteiger partial charge in [0.25, 0.3) is 0 Å². The van der Waals surface area contributed by atoms with E-state index in [0.29, 0.717) is 13.1 Å². The molecule has 0 radical (unpaired) electrons. The highest BCUT2D eigenvalue weighted by molar-refractivity contribution is 9.10. The number of H-pyrrole nitrogens is 1. The fourth-order valence-corrected chi connectivity index (χ4v) is 2.97. The van der Waals surface area contributed by atoms with Gasteiger partial charge >= 0.3 is 0 Å². The van der Waals surface area contributed by atoms with E-state index in [2.05, 4.69) is 26.1 Å². The second-order valence-corrected chi connectivity index (χ2v) is 6.13. The van der Waals surface area contributed by atoms with E-state index in [4.69, 9.17) is 0 Å². The first-order valence-corrected chi connectivity index (χ1v) is 6.41. The largest absolute Gasteiger partial charge is 0.281 e. The van der Waals surface area contributed by atoms with Crippen LogP contribution in [0.4, 0.5) is 0 Å². The predicted octanol–water partition coefficient (Wildman–Crippen LogP) is 0.408. The highest BCUT2D eigenvalue weighted by Gasteiger charge is 2.29. The van der Waals surface area contributed by atoms with Crippen molar-refractivity contribution in [3.05, 3.63) is 17.5 Å². The summed E-state index contributed by atoms with van der Waals surface area (Å²) in [6.45, 7) is 0.836. The molecule has 0 aromatic carbocycles. The Bertz CT molecular complexity index is 393. The quantitative estimate of drug-likeness (QED) is 0.788. The van der Waals surface area contributed by atoms with Gasteiger partial charge in [0, 0.05) is 12.1 Å². The summed E-state index contributed by atoms with van der Waals surface area (Å²) < 4.78 is 24.2. The number of rotatable bonds is 2. The standard InChI is InChI=1S/C6H8BrN3O2S/c7-4-13(11,12)10-2-5-1-8-9-6(5)3-10/h1H,2-4H2,(H,8,9). The number of aromatic amines is 1. The molecule has 0 amide bonds. The zero-order valence-electron chi connectivity index (χ0n) is 6.70. The van der Waals surface area contributed by atoms with Gasteiger partial charge in [-0.25, -0.2) is 8.42 Å². The maximum absolute atomic E-state index is 11.4. The van der Waals surface area contributed by atoms with Crippen molar-refractivity contribution in [2.24, 2.45) is 0 Å². The van der Waals surface area contributed by atoms with E-state index in [-0.39, 0.29) is 4.66 Å². The Kier molecular flexibility index (Phi) is 2.17. The minimum Gasteiger partial charge on any atom is -0.281 e. The highest BCUT2D eigenvalue weighted by atomic mass is 79.9. The maximum atomic E-state index is 11.4. The number of halogens is 1. The van der Waals surface area contributed by atoms with E-state index in [1.165, 1.54) is 4.31 Å². The molecule has 2 rings (SSSR count). The van der Waals surface area contributed by atoms with Crippen molar-refractivity contribution in [1.82, 2.24) is 14.5 Å². The van der Waals surface area contributed by atoms with Gasteiger partial charge in [0.2, 0.25) is 10.0 Å². The highest BCUT2D eigenvalue weighted by Crippen LogP contribution is 2.23. The summed E-state index contributed by atoms with van der Waals surface area (Å²) in [6.07, 6.45) is 1.67. The summed E-state index contributed by atoms with van der Waals surface area (Å²) in [6, 6.07) is 0. The van der Waals surface area contributed by atoms with E-state index >= 15 is 0 Å². The van der Waals surface area contributed by atoms with E-state index < -0.39 is 10.0 Å². The Morgan fingerprint density at radius 1 is 1.62 bits per heavy atom. The van der Waals surface area contributed by atoms with Crippen LogP contribution >= 0.6 is 15.9 Å². The molecule has 0 bridgehead atoms. The molecule has 0 unspecified atom stereocenters. The molecule has 0 spiro atoms. The summed E-state index contributed by atoms with van der Waals surface area (Å²) >= 11 is 2.96. The van der Waals surface area contributed by atoms with E-state index in [0.717, 1.165) is 11.3 Å². The predicted molar refractivity (Wildman–Crippen MR) is 50.5 cm³/mol. The van der Waals surface area contributed by atoms with Crippen LogP contribution in [-0.2, 0) is 23.1 Å². The average Bonchev–Trinajstić information content (AvgIpc) is 2.61. The van der Waals surface area contributed by atoms with Crippen molar-refractivity contribution in [1.29, 1.82) is 0 Å². The van der Waals surface area contributed by atoms with Crippen molar-refractivity contribution in [3.8, 4) is 0 Å². The van der Waals surface area contributed by atoms with Gasteiger partial charge in [-0.3, -0.25) is 5.10 Å². The molecular formula is C6H8BrN3O2S. The van der Waals surface area contributed by atoms with Crippen molar-refractivity contribution >= 4 is 26.0 Å². The third kappa shape index (κ3) is 1.51. The van der Waals surface area contributed by atoms with Gasteiger partial charge in [0.1, 0.15) is 4.66 Å². The zero-order chi connectivity index (χ0) is 9.47. The van der Waals surface area contributed by atoms with Crippen LogP contribution in [0.25, 0.3) is 0 Å². The normalized spacial score (nSPS) is 17.6. The van der Waals surface area contributed by atoms with Gasteiger partial charge in [-0.05, 0) is 0 Å². The Labute approximate surface area is 84.3 Å². The van der Waals surface area contributed by atoms with Gasteiger partial charge in [-0.1, -0.05) is 15.9 Å². The van der Waals surface area contributed by atoms with Crippen LogP contribution < -0.4 is 0 Å². The van der Waals surface area contributed by atoms with Crippen LogP contribution in [0.3, 0.4) is 0 Å². The fraction of sp³-hybridized carbons (Fsp3) is 0.500. The molecule has 1 aromatic rings. The van der Waals surface area contributed by atoms with Gasteiger partial charge in [-0.2, -0.15) is 9.40 Å². The first-order chi connectivity index (χ1) is 6.13. The number of nitrogens with one attached hydrogen (secondary N) is 1. The number of alkyl halides is 1. The molecule has 1 aliphatic heterocycles. The molecule has 72 valence electrons. The lowest BCUT2D eigenvalue weighted by Crippen LogP contribution is -2.26. The van der Waals surface area contributed by atoms with Gasteiger partial charge in [0.15, 0.2) is 0 Å². The summed E-state index contributed by atoms with van der Waals surface area (Å²) in [4.78, 5) is 0. The Morgan fingerprint density at radius 2 is 2.38 bits per heavy atom. The molecule has 1 N–H and O–H groups in total. The first kappa shape index (κ1) is 9.17. The lowest BCUT2D eigenvalue weighted by Gasteiger charge is -2.12. The smallest absolute Gasteiger partial charge is 0.224 e. The lowest BCUT2D eigenvalue weighted by molar-refractivity contribution is 0.431. The van der Waals surface area contributed by atoms with Crippen molar-refractivity contribution in [3.63, 3.8) is 0 Å². The second-order valence-electron chi connectivity index (χ2n) is 2.86. The van der Waals surface area contributed by atoms with Gasteiger partial charge in [0.05, 0.1) is 18.4 Å². The molecule has 0 saturated heterocycles. The second kappa shape index (κ2) is 3.07. The first-order valence-electron chi connectivity index (χ1n) is 3.68. The van der Waals surface area contributed by atoms with E-state index in [9.17, 15) is 8.42 Å². The van der Waals surface area contributed by atoms with Crippen LogP contribution in [0.2, 0.25) is 0 Å². The molecule has 1 aromatic heterocycles.